The van der Waals surface area contributed by atoms with E-state index in [1.807, 2.05) is 68.0 Å². The zero-order valence-electron chi connectivity index (χ0n) is 19.3. The van der Waals surface area contributed by atoms with Crippen molar-refractivity contribution in [2.24, 2.45) is 7.05 Å². The van der Waals surface area contributed by atoms with Crippen LogP contribution in [0, 0.1) is 0 Å². The Hall–Kier alpha value is -3.75. The number of hydrogen-bond acceptors (Lipinski definition) is 6. The molecule has 5 rings (SSSR count). The van der Waals surface area contributed by atoms with Gasteiger partial charge in [-0.25, -0.2) is 5.06 Å². The van der Waals surface area contributed by atoms with Crippen LogP contribution in [0.5, 0.6) is 5.88 Å². The maximum Gasteiger partial charge on any atom is 0.200 e. The Labute approximate surface area is 198 Å². The molecule has 0 saturated heterocycles. The quantitative estimate of drug-likeness (QED) is 0.513. The minimum absolute atomic E-state index is 0.158. The van der Waals surface area contributed by atoms with Crippen LogP contribution in [0.15, 0.2) is 61.1 Å². The number of rotatable bonds is 5. The number of fused-ring (bicyclic) bond motifs is 3. The van der Waals surface area contributed by atoms with Gasteiger partial charge in [0.25, 0.3) is 0 Å². The fraction of sp³-hybridized carbons (Fsp3) is 0.269. The van der Waals surface area contributed by atoms with Gasteiger partial charge in [-0.2, -0.15) is 0 Å². The van der Waals surface area contributed by atoms with E-state index in [9.17, 15) is 10.3 Å². The molecule has 3 aromatic rings. The molecule has 0 saturated carbocycles. The summed E-state index contributed by atoms with van der Waals surface area (Å²) >= 11 is 0. The van der Waals surface area contributed by atoms with Gasteiger partial charge in [0, 0.05) is 44.3 Å². The van der Waals surface area contributed by atoms with Crippen LogP contribution >= 0.6 is 0 Å². The largest absolute Gasteiger partial charge is 0.494 e. The maximum atomic E-state index is 11.1. The lowest BCUT2D eigenvalue weighted by molar-refractivity contribution is 0.0848. The van der Waals surface area contributed by atoms with Crippen molar-refractivity contribution in [1.82, 2.24) is 14.1 Å². The van der Waals surface area contributed by atoms with Gasteiger partial charge in [-0.3, -0.25) is 10.2 Å². The van der Waals surface area contributed by atoms with Crippen molar-refractivity contribution in [3.63, 3.8) is 0 Å². The highest BCUT2D eigenvalue weighted by Gasteiger charge is 2.20. The molecule has 0 amide bonds. The highest BCUT2D eigenvalue weighted by molar-refractivity contribution is 5.83. The third kappa shape index (κ3) is 4.02. The molecule has 0 aliphatic carbocycles. The van der Waals surface area contributed by atoms with Crippen LogP contribution in [-0.2, 0) is 24.8 Å². The van der Waals surface area contributed by atoms with E-state index in [0.29, 0.717) is 23.9 Å². The molecule has 2 aliphatic rings. The zero-order chi connectivity index (χ0) is 23.7. The standard InChI is InChI=1S/C26H29N5O3/c1-3-30-17-21-20(26(32)29(2)23-9-6-12-27-25(23)30)15-18(16-28-21)11-14-34-24-10-13-31(33)22-8-5-4-7-19(22)24/h4-10,13,15-17,24,27,32-33H,3,11-12,14H2,1-2H3. The van der Waals surface area contributed by atoms with E-state index in [1.54, 1.807) is 10.8 Å². The van der Waals surface area contributed by atoms with Gasteiger partial charge in [0.05, 0.1) is 28.9 Å². The fourth-order valence-electron chi connectivity index (χ4n) is 4.44. The monoisotopic (exact) mass is 459 g/mol. The molecule has 2 aromatic heterocycles. The van der Waals surface area contributed by atoms with Crippen LogP contribution in [0.1, 0.15) is 29.8 Å². The minimum atomic E-state index is -0.231. The lowest BCUT2D eigenvalue weighted by Crippen LogP contribution is -2.19. The van der Waals surface area contributed by atoms with E-state index < -0.39 is 0 Å². The third-order valence-electron chi connectivity index (χ3n) is 6.29. The predicted molar refractivity (Wildman–Crippen MR) is 133 cm³/mol. The van der Waals surface area contributed by atoms with Gasteiger partial charge in [0.15, 0.2) is 0 Å². The summed E-state index contributed by atoms with van der Waals surface area (Å²) in [5.74, 6) is 1.11. The first-order chi connectivity index (χ1) is 16.6. The number of para-hydroxylation sites is 1. The number of pyridine rings is 1. The van der Waals surface area contributed by atoms with Crippen molar-refractivity contribution in [3.8, 4) is 5.88 Å². The van der Waals surface area contributed by atoms with Crippen LogP contribution < -0.4 is 10.4 Å². The van der Waals surface area contributed by atoms with Crippen LogP contribution in [0.3, 0.4) is 0 Å². The molecule has 0 bridgehead atoms. The van der Waals surface area contributed by atoms with Gasteiger partial charge in [0.2, 0.25) is 5.88 Å². The van der Waals surface area contributed by atoms with Crippen LogP contribution in [0.4, 0.5) is 11.5 Å². The summed E-state index contributed by atoms with van der Waals surface area (Å²) in [5.41, 5.74) is 4.23. The highest BCUT2D eigenvalue weighted by Crippen LogP contribution is 2.33. The van der Waals surface area contributed by atoms with Crippen molar-refractivity contribution in [2.45, 2.75) is 26.0 Å². The molecule has 8 heteroatoms. The number of aromatic nitrogens is 3. The van der Waals surface area contributed by atoms with Gasteiger partial charge in [0.1, 0.15) is 11.9 Å². The summed E-state index contributed by atoms with van der Waals surface area (Å²) in [6.07, 6.45) is 11.7. The Morgan fingerprint density at radius 2 is 2.12 bits per heavy atom. The molecule has 4 heterocycles. The highest BCUT2D eigenvalue weighted by atomic mass is 16.5. The molecule has 1 unspecified atom stereocenters. The van der Waals surface area contributed by atoms with Crippen LogP contribution in [-0.4, -0.2) is 37.6 Å². The molecule has 0 fully saturated rings. The summed E-state index contributed by atoms with van der Waals surface area (Å²) in [5, 5.41) is 26.3. The number of aryl methyl sites for hydroxylation is 1. The summed E-state index contributed by atoms with van der Waals surface area (Å²) < 4.78 is 10.0. The molecule has 0 spiro atoms. The lowest BCUT2D eigenvalue weighted by Gasteiger charge is -2.26. The Bertz CT molecular complexity index is 1340. The van der Waals surface area contributed by atoms with Gasteiger partial charge < -0.3 is 24.3 Å². The molecular formula is C26H29N5O3. The first-order valence-corrected chi connectivity index (χ1v) is 11.5. The van der Waals surface area contributed by atoms with E-state index in [2.05, 4.69) is 21.8 Å². The normalized spacial score (nSPS) is 16.2. The molecular weight excluding hydrogens is 430 g/mol. The number of anilines is 2. The second kappa shape index (κ2) is 9.24. The number of aromatic hydroxyl groups is 1. The molecule has 8 nitrogen and oxygen atoms in total. The van der Waals surface area contributed by atoms with Crippen molar-refractivity contribution in [3.05, 3.63) is 77.9 Å². The van der Waals surface area contributed by atoms with Gasteiger partial charge in [-0.1, -0.05) is 24.3 Å². The van der Waals surface area contributed by atoms with Crippen molar-refractivity contribution in [2.75, 3.05) is 23.5 Å². The lowest BCUT2D eigenvalue weighted by atomic mass is 10.0. The van der Waals surface area contributed by atoms with Crippen molar-refractivity contribution >= 4 is 28.5 Å². The van der Waals surface area contributed by atoms with Crippen molar-refractivity contribution < 1.29 is 15.1 Å². The Kier molecular flexibility index (Phi) is 6.00. The molecule has 2 aliphatic heterocycles. The van der Waals surface area contributed by atoms with Gasteiger partial charge >= 0.3 is 0 Å². The molecule has 1 aromatic carbocycles. The summed E-state index contributed by atoms with van der Waals surface area (Å²) in [6, 6.07) is 9.61. The molecule has 34 heavy (non-hydrogen) atoms. The summed E-state index contributed by atoms with van der Waals surface area (Å²) in [4.78, 5) is 4.67. The molecule has 3 N–H and O–H groups in total. The topological polar surface area (TPSA) is 87.7 Å². The van der Waals surface area contributed by atoms with E-state index in [0.717, 1.165) is 46.5 Å². The minimum Gasteiger partial charge on any atom is -0.494 e. The Morgan fingerprint density at radius 3 is 2.97 bits per heavy atom. The smallest absolute Gasteiger partial charge is 0.200 e. The first kappa shape index (κ1) is 22.1. The van der Waals surface area contributed by atoms with E-state index in [1.165, 1.54) is 0 Å². The number of nitrogens with one attached hydrogen (secondary N) is 1. The Balaban J connectivity index is 1.43. The van der Waals surface area contributed by atoms with Crippen molar-refractivity contribution in [1.29, 1.82) is 0 Å². The SMILES string of the molecule is CCn1cc2ncc(CCOC3C=CN(O)c4ccccc43)cc2c(O)n(C)c2c1NCC=C2. The predicted octanol–water partition coefficient (Wildman–Crippen LogP) is 4.69. The summed E-state index contributed by atoms with van der Waals surface area (Å²) in [6.45, 7) is 4.07. The van der Waals surface area contributed by atoms with Gasteiger partial charge in [-0.05, 0) is 43.2 Å². The Morgan fingerprint density at radius 1 is 1.26 bits per heavy atom. The third-order valence-corrected chi connectivity index (χ3v) is 6.29. The average Bonchev–Trinajstić information content (AvgIpc) is 2.88. The zero-order valence-corrected chi connectivity index (χ0v) is 19.3. The van der Waals surface area contributed by atoms with Crippen LogP contribution in [0.2, 0.25) is 0 Å². The molecule has 176 valence electrons. The second-order valence-corrected chi connectivity index (χ2v) is 8.38. The van der Waals surface area contributed by atoms with Crippen LogP contribution in [0.25, 0.3) is 17.0 Å². The number of ether oxygens (including phenoxy) is 1. The first-order valence-electron chi connectivity index (χ1n) is 11.5. The number of hydrogen-bond donors (Lipinski definition) is 3. The van der Waals surface area contributed by atoms with E-state index in [-0.39, 0.29) is 12.0 Å². The number of hydroxylamine groups is 1. The summed E-state index contributed by atoms with van der Waals surface area (Å²) in [7, 11) is 1.86. The molecule has 1 atom stereocenters. The number of benzene rings is 1. The fourth-order valence-corrected chi connectivity index (χ4v) is 4.44. The van der Waals surface area contributed by atoms with Gasteiger partial charge in [-0.15, -0.1) is 0 Å². The van der Waals surface area contributed by atoms with E-state index >= 15 is 0 Å². The van der Waals surface area contributed by atoms with E-state index in [4.69, 9.17) is 4.74 Å². The molecule has 0 radical (unpaired) electrons. The average molecular weight is 460 g/mol. The second-order valence-electron chi connectivity index (χ2n) is 8.38. The number of nitrogens with zero attached hydrogens (tertiary/aromatic N) is 4. The maximum absolute atomic E-state index is 11.1.